The lowest BCUT2D eigenvalue weighted by atomic mass is 9.85. The number of amides is 1. The number of carbonyl (C=O) groups is 1. The minimum Gasteiger partial charge on any atom is -0.356 e. The summed E-state index contributed by atoms with van der Waals surface area (Å²) in [4.78, 5) is 11.9. The summed E-state index contributed by atoms with van der Waals surface area (Å²) in [6.07, 6.45) is 1.39. The van der Waals surface area contributed by atoms with Crippen LogP contribution in [0.2, 0.25) is 0 Å². The van der Waals surface area contributed by atoms with Crippen LogP contribution in [-0.2, 0) is 11.2 Å². The monoisotopic (exact) mass is 275 g/mol. The van der Waals surface area contributed by atoms with E-state index < -0.39 is 0 Å². The lowest BCUT2D eigenvalue weighted by Crippen LogP contribution is -2.34. The van der Waals surface area contributed by atoms with Gasteiger partial charge in [-0.2, -0.15) is 0 Å². The van der Waals surface area contributed by atoms with Gasteiger partial charge in [0.05, 0.1) is 0 Å². The highest BCUT2D eigenvalue weighted by molar-refractivity contribution is 5.76. The van der Waals surface area contributed by atoms with E-state index in [-0.39, 0.29) is 5.91 Å². The Morgan fingerprint density at radius 2 is 1.60 bits per heavy atom. The van der Waals surface area contributed by atoms with Crippen LogP contribution in [0.4, 0.5) is 0 Å². The molecule has 112 valence electrons. The topological polar surface area (TPSA) is 29.1 Å². The maximum Gasteiger partial charge on any atom is 0.220 e. The van der Waals surface area contributed by atoms with Gasteiger partial charge in [-0.3, -0.25) is 4.79 Å². The fourth-order valence-corrected chi connectivity index (χ4v) is 2.57. The molecule has 0 unspecified atom stereocenters. The van der Waals surface area contributed by atoms with E-state index in [4.69, 9.17) is 0 Å². The summed E-state index contributed by atoms with van der Waals surface area (Å²) in [7, 11) is 0. The molecule has 0 aliphatic rings. The minimum absolute atomic E-state index is 0.164. The highest BCUT2D eigenvalue weighted by Gasteiger charge is 2.17. The highest BCUT2D eigenvalue weighted by Crippen LogP contribution is 2.19. The van der Waals surface area contributed by atoms with Gasteiger partial charge >= 0.3 is 0 Å². The Hall–Kier alpha value is -1.31. The third-order valence-corrected chi connectivity index (χ3v) is 4.01. The molecule has 1 amide bonds. The van der Waals surface area contributed by atoms with E-state index in [0.717, 1.165) is 13.0 Å². The van der Waals surface area contributed by atoms with Gasteiger partial charge in [-0.25, -0.2) is 0 Å². The average Bonchev–Trinajstić information content (AvgIpc) is 2.37. The van der Waals surface area contributed by atoms with Gasteiger partial charge < -0.3 is 5.32 Å². The molecule has 0 fully saturated rings. The smallest absolute Gasteiger partial charge is 0.220 e. The molecule has 2 heteroatoms. The Labute approximate surface area is 124 Å². The summed E-state index contributed by atoms with van der Waals surface area (Å²) in [5, 5.41) is 3.09. The summed E-state index contributed by atoms with van der Waals surface area (Å²) in [5.41, 5.74) is 2.49. The van der Waals surface area contributed by atoms with E-state index in [1.165, 1.54) is 11.1 Å². The second-order valence-electron chi connectivity index (χ2n) is 6.44. The standard InChI is InChI=1S/C18H29NO/c1-13(2)17(14(3)4)12-19-18(20)11-10-16-8-6-15(5)7-9-16/h6-9,13-14,17H,10-12H2,1-5H3,(H,19,20). The molecule has 0 saturated heterocycles. The predicted molar refractivity (Wildman–Crippen MR) is 85.7 cm³/mol. The summed E-state index contributed by atoms with van der Waals surface area (Å²) in [5.74, 6) is 1.93. The first kappa shape index (κ1) is 16.7. The first-order valence-electron chi connectivity index (χ1n) is 7.72. The molecular weight excluding hydrogens is 246 g/mol. The molecule has 0 spiro atoms. The minimum atomic E-state index is 0.164. The molecule has 0 radical (unpaired) electrons. The van der Waals surface area contributed by atoms with Crippen molar-refractivity contribution < 1.29 is 4.79 Å². The van der Waals surface area contributed by atoms with Crippen molar-refractivity contribution in [2.75, 3.05) is 6.54 Å². The van der Waals surface area contributed by atoms with Crippen LogP contribution >= 0.6 is 0 Å². The zero-order valence-electron chi connectivity index (χ0n) is 13.6. The van der Waals surface area contributed by atoms with Crippen LogP contribution in [0.25, 0.3) is 0 Å². The van der Waals surface area contributed by atoms with Gasteiger partial charge in [-0.1, -0.05) is 57.5 Å². The van der Waals surface area contributed by atoms with E-state index in [0.29, 0.717) is 24.2 Å². The number of carbonyl (C=O) groups excluding carboxylic acids is 1. The van der Waals surface area contributed by atoms with Crippen molar-refractivity contribution in [3.63, 3.8) is 0 Å². The van der Waals surface area contributed by atoms with Gasteiger partial charge in [0.2, 0.25) is 5.91 Å². The summed E-state index contributed by atoms with van der Waals surface area (Å²) in [6, 6.07) is 8.41. The SMILES string of the molecule is Cc1ccc(CCC(=O)NCC(C(C)C)C(C)C)cc1. The molecule has 0 aromatic heterocycles. The van der Waals surface area contributed by atoms with Gasteiger partial charge in [0.1, 0.15) is 0 Å². The summed E-state index contributed by atoms with van der Waals surface area (Å²) in [6.45, 7) is 11.8. The second-order valence-corrected chi connectivity index (χ2v) is 6.44. The molecule has 20 heavy (non-hydrogen) atoms. The van der Waals surface area contributed by atoms with Crippen LogP contribution in [0.5, 0.6) is 0 Å². The molecule has 2 nitrogen and oxygen atoms in total. The first-order valence-corrected chi connectivity index (χ1v) is 7.72. The lowest BCUT2D eigenvalue weighted by molar-refractivity contribution is -0.121. The first-order chi connectivity index (χ1) is 9.40. The fourth-order valence-electron chi connectivity index (χ4n) is 2.57. The predicted octanol–water partition coefficient (Wildman–Crippen LogP) is 3.97. The number of nitrogens with one attached hydrogen (secondary N) is 1. The summed E-state index contributed by atoms with van der Waals surface area (Å²) >= 11 is 0. The Morgan fingerprint density at radius 1 is 1.05 bits per heavy atom. The van der Waals surface area contributed by atoms with Crippen LogP contribution < -0.4 is 5.32 Å². The van der Waals surface area contributed by atoms with Gasteiger partial charge in [0.25, 0.3) is 0 Å². The maximum absolute atomic E-state index is 11.9. The number of benzene rings is 1. The Balaban J connectivity index is 2.35. The van der Waals surface area contributed by atoms with E-state index in [1.54, 1.807) is 0 Å². The zero-order chi connectivity index (χ0) is 15.1. The highest BCUT2D eigenvalue weighted by atomic mass is 16.1. The van der Waals surface area contributed by atoms with Crippen molar-refractivity contribution in [2.45, 2.75) is 47.5 Å². The molecule has 0 aliphatic carbocycles. The Kier molecular flexibility index (Phi) is 6.77. The third kappa shape index (κ3) is 5.77. The van der Waals surface area contributed by atoms with Crippen LogP contribution in [0, 0.1) is 24.7 Å². The van der Waals surface area contributed by atoms with E-state index in [2.05, 4.69) is 64.2 Å². The molecular formula is C18H29NO. The number of rotatable bonds is 7. The van der Waals surface area contributed by atoms with Crippen LogP contribution in [0.1, 0.15) is 45.2 Å². The van der Waals surface area contributed by atoms with Crippen molar-refractivity contribution in [3.8, 4) is 0 Å². The molecule has 1 rings (SSSR count). The third-order valence-electron chi connectivity index (χ3n) is 4.01. The molecule has 0 aliphatic heterocycles. The summed E-state index contributed by atoms with van der Waals surface area (Å²) < 4.78 is 0. The Bertz CT molecular complexity index is 398. The molecule has 1 aromatic rings. The van der Waals surface area contributed by atoms with Gasteiger partial charge in [0.15, 0.2) is 0 Å². The van der Waals surface area contributed by atoms with Crippen LogP contribution in [0.15, 0.2) is 24.3 Å². The normalized spacial score (nSPS) is 11.4. The molecule has 0 saturated carbocycles. The maximum atomic E-state index is 11.9. The van der Waals surface area contributed by atoms with Gasteiger partial charge in [-0.15, -0.1) is 0 Å². The molecule has 0 bridgehead atoms. The number of aryl methyl sites for hydroxylation is 2. The average molecular weight is 275 g/mol. The van der Waals surface area contributed by atoms with E-state index in [9.17, 15) is 4.79 Å². The van der Waals surface area contributed by atoms with Crippen molar-refractivity contribution in [1.29, 1.82) is 0 Å². The van der Waals surface area contributed by atoms with Crippen molar-refractivity contribution in [2.24, 2.45) is 17.8 Å². The lowest BCUT2D eigenvalue weighted by Gasteiger charge is -2.25. The molecule has 1 N–H and O–H groups in total. The molecule has 0 atom stereocenters. The van der Waals surface area contributed by atoms with Gasteiger partial charge in [-0.05, 0) is 36.7 Å². The van der Waals surface area contributed by atoms with Crippen molar-refractivity contribution in [1.82, 2.24) is 5.32 Å². The molecule has 0 heterocycles. The number of hydrogen-bond acceptors (Lipinski definition) is 1. The van der Waals surface area contributed by atoms with Crippen molar-refractivity contribution >= 4 is 5.91 Å². The van der Waals surface area contributed by atoms with E-state index >= 15 is 0 Å². The largest absolute Gasteiger partial charge is 0.356 e. The molecule has 1 aromatic carbocycles. The zero-order valence-corrected chi connectivity index (χ0v) is 13.6. The van der Waals surface area contributed by atoms with Crippen LogP contribution in [-0.4, -0.2) is 12.5 Å². The van der Waals surface area contributed by atoms with Crippen molar-refractivity contribution in [3.05, 3.63) is 35.4 Å². The second kappa shape index (κ2) is 8.08. The number of hydrogen-bond donors (Lipinski definition) is 1. The van der Waals surface area contributed by atoms with Gasteiger partial charge in [0, 0.05) is 13.0 Å². The fraction of sp³-hybridized carbons (Fsp3) is 0.611. The Morgan fingerprint density at radius 3 is 2.10 bits per heavy atom. The quantitative estimate of drug-likeness (QED) is 0.801. The van der Waals surface area contributed by atoms with E-state index in [1.807, 2.05) is 0 Å². The van der Waals surface area contributed by atoms with Crippen LogP contribution in [0.3, 0.4) is 0 Å².